The Labute approximate surface area is 153 Å². The first kappa shape index (κ1) is 18.4. The minimum Gasteiger partial charge on any atom is -0.493 e. The van der Waals surface area contributed by atoms with Crippen molar-refractivity contribution in [2.45, 2.75) is 38.6 Å². The summed E-state index contributed by atoms with van der Waals surface area (Å²) in [5, 5.41) is 4.04. The van der Waals surface area contributed by atoms with Gasteiger partial charge in [0.15, 0.2) is 5.82 Å². The van der Waals surface area contributed by atoms with Crippen LogP contribution in [0.25, 0.3) is 0 Å². The highest BCUT2D eigenvalue weighted by molar-refractivity contribution is 5.77. The van der Waals surface area contributed by atoms with Gasteiger partial charge in [0.25, 0.3) is 0 Å². The lowest BCUT2D eigenvalue weighted by atomic mass is 10.2. The second-order valence-corrected chi connectivity index (χ2v) is 6.45. The van der Waals surface area contributed by atoms with Crippen LogP contribution in [0.5, 0.6) is 5.75 Å². The van der Waals surface area contributed by atoms with Crippen LogP contribution in [0.1, 0.15) is 42.6 Å². The molecule has 1 aliphatic heterocycles. The first-order valence-electron chi connectivity index (χ1n) is 8.97. The molecule has 1 saturated heterocycles. The van der Waals surface area contributed by atoms with E-state index in [0.717, 1.165) is 30.7 Å². The Morgan fingerprint density at radius 3 is 3.08 bits per heavy atom. The van der Waals surface area contributed by atoms with Gasteiger partial charge in [-0.15, -0.1) is 0 Å². The van der Waals surface area contributed by atoms with Crippen molar-refractivity contribution in [1.29, 1.82) is 0 Å². The lowest BCUT2D eigenvalue weighted by molar-refractivity contribution is -0.133. The van der Waals surface area contributed by atoms with Crippen molar-refractivity contribution < 1.29 is 18.8 Å². The molecule has 7 heteroatoms. The van der Waals surface area contributed by atoms with Gasteiger partial charge in [0, 0.05) is 20.1 Å². The average molecular weight is 359 g/mol. The number of hydrogen-bond donors (Lipinski definition) is 0. The van der Waals surface area contributed by atoms with Gasteiger partial charge in [-0.2, -0.15) is 4.98 Å². The number of hydrogen-bond acceptors (Lipinski definition) is 6. The number of rotatable bonds is 8. The number of nitrogens with zero attached hydrogens (tertiary/aromatic N) is 3. The van der Waals surface area contributed by atoms with Crippen LogP contribution in [-0.4, -0.2) is 47.8 Å². The van der Waals surface area contributed by atoms with Crippen LogP contribution in [0.15, 0.2) is 28.8 Å². The number of ether oxygens (including phenoxy) is 2. The van der Waals surface area contributed by atoms with Gasteiger partial charge in [-0.3, -0.25) is 4.79 Å². The maximum Gasteiger partial charge on any atom is 0.249 e. The minimum absolute atomic E-state index is 0.0666. The van der Waals surface area contributed by atoms with Crippen LogP contribution >= 0.6 is 0 Å². The normalized spacial score (nSPS) is 16.8. The van der Waals surface area contributed by atoms with E-state index >= 15 is 0 Å². The van der Waals surface area contributed by atoms with Gasteiger partial charge >= 0.3 is 0 Å². The van der Waals surface area contributed by atoms with Gasteiger partial charge in [0.1, 0.15) is 11.8 Å². The summed E-state index contributed by atoms with van der Waals surface area (Å²) in [6, 6.07) is 7.78. The van der Waals surface area contributed by atoms with Crippen LogP contribution in [0.4, 0.5) is 0 Å². The van der Waals surface area contributed by atoms with Crippen molar-refractivity contribution in [3.8, 4) is 5.75 Å². The lowest BCUT2D eigenvalue weighted by Crippen LogP contribution is -2.31. The monoisotopic (exact) mass is 359 g/mol. The Hall–Kier alpha value is -2.41. The molecule has 0 bridgehead atoms. The fraction of sp³-hybridized carbons (Fsp3) is 0.526. The summed E-state index contributed by atoms with van der Waals surface area (Å²) >= 11 is 0. The fourth-order valence-corrected chi connectivity index (χ4v) is 3.12. The van der Waals surface area contributed by atoms with Crippen LogP contribution in [-0.2, 0) is 16.0 Å². The molecule has 1 aromatic carbocycles. The van der Waals surface area contributed by atoms with Crippen LogP contribution in [0, 0.1) is 6.92 Å². The molecule has 7 nitrogen and oxygen atoms in total. The third kappa shape index (κ3) is 4.60. The topological polar surface area (TPSA) is 77.7 Å². The summed E-state index contributed by atoms with van der Waals surface area (Å²) < 4.78 is 16.1. The van der Waals surface area contributed by atoms with Crippen LogP contribution < -0.4 is 4.74 Å². The smallest absolute Gasteiger partial charge is 0.249 e. The lowest BCUT2D eigenvalue weighted by Gasteiger charge is -2.21. The Morgan fingerprint density at radius 1 is 1.38 bits per heavy atom. The first-order valence-corrected chi connectivity index (χ1v) is 8.97. The first-order chi connectivity index (χ1) is 12.7. The second-order valence-electron chi connectivity index (χ2n) is 6.45. The van der Waals surface area contributed by atoms with E-state index in [9.17, 15) is 4.79 Å². The number of carbonyl (C=O) groups is 1. The van der Waals surface area contributed by atoms with Gasteiger partial charge in [0.2, 0.25) is 11.8 Å². The molecule has 140 valence electrons. The molecular formula is C19H25N3O4. The van der Waals surface area contributed by atoms with E-state index in [4.69, 9.17) is 14.0 Å². The van der Waals surface area contributed by atoms with E-state index in [1.165, 1.54) is 0 Å². The van der Waals surface area contributed by atoms with E-state index in [0.29, 0.717) is 37.8 Å². The summed E-state index contributed by atoms with van der Waals surface area (Å²) in [7, 11) is 1.60. The molecule has 0 radical (unpaired) electrons. The van der Waals surface area contributed by atoms with Crippen molar-refractivity contribution in [2.75, 3.05) is 26.9 Å². The molecule has 0 aliphatic carbocycles. The molecule has 1 aliphatic rings. The van der Waals surface area contributed by atoms with E-state index in [1.807, 2.05) is 36.1 Å². The number of aryl methyl sites for hydroxylation is 1. The molecule has 2 aromatic rings. The van der Waals surface area contributed by atoms with Gasteiger partial charge in [-0.25, -0.2) is 0 Å². The Balaban J connectivity index is 1.54. The number of likely N-dealkylation sites (tertiary alicyclic amines) is 1. The molecule has 3 rings (SSSR count). The molecule has 1 amide bonds. The molecule has 0 saturated carbocycles. The highest BCUT2D eigenvalue weighted by Gasteiger charge is 2.33. The van der Waals surface area contributed by atoms with Gasteiger partial charge in [0.05, 0.1) is 19.6 Å². The molecule has 1 atom stereocenters. The van der Waals surface area contributed by atoms with Crippen LogP contribution in [0.2, 0.25) is 0 Å². The molecule has 1 fully saturated rings. The average Bonchev–Trinajstić information content (AvgIpc) is 3.28. The van der Waals surface area contributed by atoms with Crippen molar-refractivity contribution in [2.24, 2.45) is 0 Å². The third-order valence-electron chi connectivity index (χ3n) is 4.45. The quantitative estimate of drug-likeness (QED) is 0.721. The third-order valence-corrected chi connectivity index (χ3v) is 4.45. The predicted octanol–water partition coefficient (Wildman–Crippen LogP) is 2.70. The van der Waals surface area contributed by atoms with E-state index in [2.05, 4.69) is 10.1 Å². The number of amides is 1. The number of carbonyl (C=O) groups excluding carboxylic acids is 1. The molecule has 0 spiro atoms. The Bertz CT molecular complexity index is 731. The predicted molar refractivity (Wildman–Crippen MR) is 94.9 cm³/mol. The van der Waals surface area contributed by atoms with E-state index in [-0.39, 0.29) is 11.9 Å². The van der Waals surface area contributed by atoms with Crippen molar-refractivity contribution in [1.82, 2.24) is 15.0 Å². The largest absolute Gasteiger partial charge is 0.493 e. The maximum atomic E-state index is 12.3. The zero-order chi connectivity index (χ0) is 18.4. The van der Waals surface area contributed by atoms with Crippen molar-refractivity contribution >= 4 is 5.91 Å². The zero-order valence-corrected chi connectivity index (χ0v) is 15.3. The highest BCUT2D eigenvalue weighted by Crippen LogP contribution is 2.31. The summed E-state index contributed by atoms with van der Waals surface area (Å²) in [5.41, 5.74) is 1.16. The zero-order valence-electron chi connectivity index (χ0n) is 15.3. The van der Waals surface area contributed by atoms with E-state index < -0.39 is 0 Å². The molecular weight excluding hydrogens is 334 g/mol. The Kier molecular flexibility index (Phi) is 6.22. The molecule has 26 heavy (non-hydrogen) atoms. The molecule has 1 aromatic heterocycles. The van der Waals surface area contributed by atoms with Crippen molar-refractivity contribution in [3.05, 3.63) is 41.5 Å². The summed E-state index contributed by atoms with van der Waals surface area (Å²) in [4.78, 5) is 18.6. The molecule has 0 N–H and O–H groups in total. The summed E-state index contributed by atoms with van der Waals surface area (Å²) in [5.74, 6) is 2.01. The SMILES string of the molecule is COCCC(=O)N1CCCC1c1nc(CCOc2cccc(C)c2)no1. The summed E-state index contributed by atoms with van der Waals surface area (Å²) in [6.45, 7) is 3.65. The fourth-order valence-electron chi connectivity index (χ4n) is 3.12. The van der Waals surface area contributed by atoms with Crippen LogP contribution in [0.3, 0.4) is 0 Å². The van der Waals surface area contributed by atoms with Gasteiger partial charge < -0.3 is 18.9 Å². The summed E-state index contributed by atoms with van der Waals surface area (Å²) in [6.07, 6.45) is 2.72. The van der Waals surface area contributed by atoms with Gasteiger partial charge in [-0.1, -0.05) is 17.3 Å². The molecule has 1 unspecified atom stereocenters. The number of aromatic nitrogens is 2. The highest BCUT2D eigenvalue weighted by atomic mass is 16.5. The number of methoxy groups -OCH3 is 1. The second kappa shape index (κ2) is 8.80. The van der Waals surface area contributed by atoms with Crippen molar-refractivity contribution in [3.63, 3.8) is 0 Å². The maximum absolute atomic E-state index is 12.3. The van der Waals surface area contributed by atoms with Gasteiger partial charge in [-0.05, 0) is 37.5 Å². The number of benzene rings is 1. The standard InChI is InChI=1S/C19H25N3O4/c1-14-5-3-6-15(13-14)25-12-8-17-20-19(26-21-17)16-7-4-10-22(16)18(23)9-11-24-2/h3,5-6,13,16H,4,7-12H2,1-2H3. The Morgan fingerprint density at radius 2 is 2.27 bits per heavy atom. The minimum atomic E-state index is -0.127. The van der Waals surface area contributed by atoms with E-state index in [1.54, 1.807) is 7.11 Å². The molecule has 2 heterocycles.